The zero-order chi connectivity index (χ0) is 20.5. The molecular weight excluding hydrogens is 391 g/mol. The van der Waals surface area contributed by atoms with Gasteiger partial charge in [-0.05, 0) is 42.8 Å². The van der Waals surface area contributed by atoms with Gasteiger partial charge in [0, 0.05) is 35.9 Å². The molecule has 29 heavy (non-hydrogen) atoms. The number of pyridine rings is 1. The second kappa shape index (κ2) is 7.64. The number of nitrogens with zero attached hydrogens (tertiary/aromatic N) is 3. The molecule has 7 heteroatoms. The van der Waals surface area contributed by atoms with E-state index >= 15 is 0 Å². The molecule has 0 fully saturated rings. The van der Waals surface area contributed by atoms with Crippen molar-refractivity contribution in [1.29, 1.82) is 0 Å². The molecule has 146 valence electrons. The average molecular weight is 409 g/mol. The Hall–Kier alpha value is -3.25. The largest absolute Gasteiger partial charge is 0.338 e. The minimum atomic E-state index is -0.469. The van der Waals surface area contributed by atoms with E-state index in [1.807, 2.05) is 29.9 Å². The molecule has 1 unspecified atom stereocenters. The highest BCUT2D eigenvalue weighted by molar-refractivity contribution is 6.30. The lowest BCUT2D eigenvalue weighted by molar-refractivity contribution is 0.0940. The number of fused-ring (bicyclic) bond motifs is 1. The lowest BCUT2D eigenvalue weighted by Gasteiger charge is -2.20. The Morgan fingerprint density at radius 3 is 2.62 bits per heavy atom. The molecule has 0 aliphatic carbocycles. The molecule has 1 amide bonds. The van der Waals surface area contributed by atoms with Crippen LogP contribution in [-0.4, -0.2) is 20.4 Å². The summed E-state index contributed by atoms with van der Waals surface area (Å²) in [6.07, 6.45) is 3.50. The SMILES string of the molecule is Cc1nc2cc(F)ccc2cc1C(=O)NC(c1ccc(Cl)cc1)c1nccn1C. The summed E-state index contributed by atoms with van der Waals surface area (Å²) in [5, 5.41) is 4.36. The summed E-state index contributed by atoms with van der Waals surface area (Å²) in [6.45, 7) is 1.73. The molecule has 2 aromatic carbocycles. The third kappa shape index (κ3) is 3.84. The number of amides is 1. The summed E-state index contributed by atoms with van der Waals surface area (Å²) in [6, 6.07) is 12.8. The number of carbonyl (C=O) groups is 1. The van der Waals surface area contributed by atoms with E-state index in [-0.39, 0.29) is 11.7 Å². The Morgan fingerprint density at radius 1 is 1.17 bits per heavy atom. The fourth-order valence-corrected chi connectivity index (χ4v) is 3.41. The smallest absolute Gasteiger partial charge is 0.253 e. The van der Waals surface area contributed by atoms with Crippen LogP contribution in [-0.2, 0) is 7.05 Å². The number of nitrogens with one attached hydrogen (secondary N) is 1. The van der Waals surface area contributed by atoms with Gasteiger partial charge < -0.3 is 9.88 Å². The van der Waals surface area contributed by atoms with E-state index in [1.54, 1.807) is 37.4 Å². The first-order valence-electron chi connectivity index (χ1n) is 9.03. The molecule has 4 aromatic rings. The van der Waals surface area contributed by atoms with E-state index in [2.05, 4.69) is 15.3 Å². The van der Waals surface area contributed by atoms with Crippen molar-refractivity contribution in [3.8, 4) is 0 Å². The van der Waals surface area contributed by atoms with E-state index < -0.39 is 6.04 Å². The molecule has 2 heterocycles. The van der Waals surface area contributed by atoms with Crippen molar-refractivity contribution in [2.24, 2.45) is 7.05 Å². The number of halogens is 2. The molecule has 0 aliphatic heterocycles. The number of hydrogen-bond donors (Lipinski definition) is 1. The first kappa shape index (κ1) is 19.1. The second-order valence-corrected chi connectivity index (χ2v) is 7.25. The predicted octanol–water partition coefficient (Wildman–Crippen LogP) is 4.59. The van der Waals surface area contributed by atoms with Crippen LogP contribution in [0.5, 0.6) is 0 Å². The first-order valence-corrected chi connectivity index (χ1v) is 9.40. The Kier molecular flexibility index (Phi) is 5.03. The Bertz CT molecular complexity index is 1200. The van der Waals surface area contributed by atoms with Crippen molar-refractivity contribution in [2.45, 2.75) is 13.0 Å². The first-order chi connectivity index (χ1) is 13.9. The zero-order valence-corrected chi connectivity index (χ0v) is 16.6. The van der Waals surface area contributed by atoms with Crippen LogP contribution in [0.15, 0.2) is 60.9 Å². The number of hydrogen-bond acceptors (Lipinski definition) is 3. The van der Waals surface area contributed by atoms with E-state index in [9.17, 15) is 9.18 Å². The van der Waals surface area contributed by atoms with Gasteiger partial charge in [-0.3, -0.25) is 9.78 Å². The summed E-state index contributed by atoms with van der Waals surface area (Å²) in [5.41, 5.74) is 2.32. The van der Waals surface area contributed by atoms with E-state index in [1.165, 1.54) is 12.1 Å². The van der Waals surface area contributed by atoms with Crippen molar-refractivity contribution in [1.82, 2.24) is 19.9 Å². The zero-order valence-electron chi connectivity index (χ0n) is 15.9. The Morgan fingerprint density at radius 2 is 1.93 bits per heavy atom. The van der Waals surface area contributed by atoms with Crippen molar-refractivity contribution < 1.29 is 9.18 Å². The summed E-state index contributed by atoms with van der Waals surface area (Å²) >= 11 is 6.02. The van der Waals surface area contributed by atoms with Gasteiger partial charge >= 0.3 is 0 Å². The van der Waals surface area contributed by atoms with Crippen molar-refractivity contribution >= 4 is 28.4 Å². The molecule has 2 aromatic heterocycles. The van der Waals surface area contributed by atoms with Gasteiger partial charge in [0.25, 0.3) is 5.91 Å². The Labute approximate surface area is 172 Å². The monoisotopic (exact) mass is 408 g/mol. The topological polar surface area (TPSA) is 59.8 Å². The van der Waals surface area contributed by atoms with E-state index in [0.717, 1.165) is 5.56 Å². The van der Waals surface area contributed by atoms with Gasteiger partial charge in [-0.1, -0.05) is 23.7 Å². The molecule has 0 radical (unpaired) electrons. The highest BCUT2D eigenvalue weighted by atomic mass is 35.5. The van der Waals surface area contributed by atoms with Crippen LogP contribution in [0.1, 0.15) is 33.5 Å². The normalized spacial score (nSPS) is 12.1. The fraction of sp³-hybridized carbons (Fsp3) is 0.136. The van der Waals surface area contributed by atoms with Crippen LogP contribution >= 0.6 is 11.6 Å². The number of benzene rings is 2. The van der Waals surface area contributed by atoms with Crippen LogP contribution in [0, 0.1) is 12.7 Å². The van der Waals surface area contributed by atoms with Gasteiger partial charge in [0.2, 0.25) is 0 Å². The maximum atomic E-state index is 13.5. The molecule has 1 N–H and O–H groups in total. The third-order valence-electron chi connectivity index (χ3n) is 4.81. The van der Waals surface area contributed by atoms with E-state index in [4.69, 9.17) is 11.6 Å². The number of carbonyl (C=O) groups excluding carboxylic acids is 1. The average Bonchev–Trinajstić information content (AvgIpc) is 3.11. The third-order valence-corrected chi connectivity index (χ3v) is 5.06. The van der Waals surface area contributed by atoms with Gasteiger partial charge in [0.15, 0.2) is 0 Å². The van der Waals surface area contributed by atoms with Crippen LogP contribution in [0.3, 0.4) is 0 Å². The molecule has 4 rings (SSSR count). The van der Waals surface area contributed by atoms with Gasteiger partial charge in [0.1, 0.15) is 17.7 Å². The predicted molar refractivity (Wildman–Crippen MR) is 110 cm³/mol. The van der Waals surface area contributed by atoms with Gasteiger partial charge in [0.05, 0.1) is 16.8 Å². The summed E-state index contributed by atoms with van der Waals surface area (Å²) < 4.78 is 15.3. The molecule has 0 saturated carbocycles. The Balaban J connectivity index is 1.72. The molecule has 0 bridgehead atoms. The van der Waals surface area contributed by atoms with Crippen molar-refractivity contribution in [3.63, 3.8) is 0 Å². The van der Waals surface area contributed by atoms with Crippen molar-refractivity contribution in [3.05, 3.63) is 94.4 Å². The minimum absolute atomic E-state index is 0.288. The van der Waals surface area contributed by atoms with Crippen LogP contribution in [0.2, 0.25) is 5.02 Å². The van der Waals surface area contributed by atoms with Gasteiger partial charge in [-0.25, -0.2) is 9.37 Å². The quantitative estimate of drug-likeness (QED) is 0.537. The lowest BCUT2D eigenvalue weighted by Crippen LogP contribution is -2.31. The van der Waals surface area contributed by atoms with E-state index in [0.29, 0.717) is 33.0 Å². The highest BCUT2D eigenvalue weighted by Gasteiger charge is 2.23. The number of aryl methyl sites for hydroxylation is 2. The standard InChI is InChI=1S/C22H18ClFN4O/c1-13-18(11-15-5-8-17(24)12-19(15)26-13)22(29)27-20(21-25-9-10-28(21)2)14-3-6-16(23)7-4-14/h3-12,20H,1-2H3,(H,27,29). The highest BCUT2D eigenvalue weighted by Crippen LogP contribution is 2.24. The van der Waals surface area contributed by atoms with Gasteiger partial charge in [-0.15, -0.1) is 0 Å². The maximum Gasteiger partial charge on any atom is 0.253 e. The fourth-order valence-electron chi connectivity index (χ4n) is 3.28. The minimum Gasteiger partial charge on any atom is -0.338 e. The lowest BCUT2D eigenvalue weighted by atomic mass is 10.0. The van der Waals surface area contributed by atoms with Crippen LogP contribution in [0.25, 0.3) is 10.9 Å². The van der Waals surface area contributed by atoms with Crippen LogP contribution in [0.4, 0.5) is 4.39 Å². The molecule has 0 spiro atoms. The molecule has 0 saturated heterocycles. The molecular formula is C22H18ClFN4O. The van der Waals surface area contributed by atoms with Crippen LogP contribution < -0.4 is 5.32 Å². The summed E-state index contributed by atoms with van der Waals surface area (Å²) in [4.78, 5) is 21.9. The number of rotatable bonds is 4. The maximum absolute atomic E-state index is 13.5. The second-order valence-electron chi connectivity index (χ2n) is 6.81. The van der Waals surface area contributed by atoms with Gasteiger partial charge in [-0.2, -0.15) is 0 Å². The van der Waals surface area contributed by atoms with Crippen molar-refractivity contribution in [2.75, 3.05) is 0 Å². The number of imidazole rings is 1. The molecule has 1 atom stereocenters. The molecule has 5 nitrogen and oxygen atoms in total. The summed E-state index contributed by atoms with van der Waals surface area (Å²) in [7, 11) is 1.87. The summed E-state index contributed by atoms with van der Waals surface area (Å²) in [5.74, 6) is 0.0394. The molecule has 0 aliphatic rings. The number of aromatic nitrogens is 3.